The second-order valence-electron chi connectivity index (χ2n) is 6.90. The highest BCUT2D eigenvalue weighted by molar-refractivity contribution is 5.99. The van der Waals surface area contributed by atoms with Gasteiger partial charge in [0.2, 0.25) is 0 Å². The standard InChI is InChI=1S/C17H24N4O7.C2H6.H3N/c1-17(7-26-16(24)27-9-4-5-25-6-9)14(23)12(22)13(28-17)10-2-3-11(21-10)15(19)20-8-18;1-2;/h2-3,8-9,12-14,21-23H,4-7H2,1H3,(H3,18,19,20);1-2H3;1H3/t9-,12-,13-,14-,17+;;/m0../s1. The molecule has 0 bridgehead atoms. The zero-order chi connectivity index (χ0) is 22.3. The van der Waals surface area contributed by atoms with E-state index in [1.807, 2.05) is 13.8 Å². The van der Waals surface area contributed by atoms with Gasteiger partial charge in [-0.25, -0.2) is 9.79 Å². The molecule has 31 heavy (non-hydrogen) atoms. The number of carbonyl (C=O) groups excluding carboxylic acids is 1. The molecule has 2 saturated heterocycles. The van der Waals surface area contributed by atoms with Crippen molar-refractivity contribution >= 4 is 18.3 Å². The van der Waals surface area contributed by atoms with Crippen molar-refractivity contribution in [2.45, 2.75) is 57.2 Å². The molecule has 2 aliphatic rings. The summed E-state index contributed by atoms with van der Waals surface area (Å²) in [6.07, 6.45) is -3.29. The minimum Gasteiger partial charge on any atom is -0.431 e. The van der Waals surface area contributed by atoms with E-state index in [1.54, 1.807) is 12.1 Å². The van der Waals surface area contributed by atoms with Crippen molar-refractivity contribution in [3.8, 4) is 0 Å². The first-order valence-corrected chi connectivity index (χ1v) is 9.80. The molecule has 1 aromatic heterocycles. The topological polar surface area (TPSA) is 207 Å². The molecule has 2 aliphatic heterocycles. The molecule has 0 amide bonds. The molecule has 0 aliphatic carbocycles. The van der Waals surface area contributed by atoms with Crippen LogP contribution in [0.2, 0.25) is 0 Å². The zero-order valence-electron chi connectivity index (χ0n) is 18.0. The van der Waals surface area contributed by atoms with Gasteiger partial charge in [0.1, 0.15) is 48.8 Å². The van der Waals surface area contributed by atoms with Gasteiger partial charge in [0.25, 0.3) is 0 Å². The quantitative estimate of drug-likeness (QED) is 0.210. The number of aliphatic hydroxyl groups is 2. The third-order valence-corrected chi connectivity index (χ3v) is 4.78. The van der Waals surface area contributed by atoms with E-state index in [2.05, 4.69) is 9.98 Å². The van der Waals surface area contributed by atoms with Gasteiger partial charge in [0.15, 0.2) is 0 Å². The molecule has 9 N–H and O–H groups in total. The lowest BCUT2D eigenvalue weighted by Gasteiger charge is -2.27. The Hall–Kier alpha value is -2.51. The number of rotatable bonds is 6. The van der Waals surface area contributed by atoms with Crippen molar-refractivity contribution < 1.29 is 34.0 Å². The number of ether oxygens (including phenoxy) is 4. The number of carbonyl (C=O) groups is 1. The second kappa shape index (κ2) is 11.8. The molecular formula is C19H33N5O7. The van der Waals surface area contributed by atoms with Crippen LogP contribution in [-0.4, -0.2) is 77.3 Å². The Morgan fingerprint density at radius 1 is 1.45 bits per heavy atom. The van der Waals surface area contributed by atoms with Crippen LogP contribution in [-0.2, 0) is 18.9 Å². The lowest BCUT2D eigenvalue weighted by molar-refractivity contribution is -0.111. The molecule has 0 spiro atoms. The molecule has 3 rings (SSSR count). The SMILES string of the molecule is CC.C[C@]1(COC(=O)O[C@H]2CCOC2)O[C@@H](c2ccc(C(N)=NC=N)[nH]2)[C@H](O)[C@@H]1O.N. The van der Waals surface area contributed by atoms with Gasteiger partial charge in [-0.2, -0.15) is 0 Å². The van der Waals surface area contributed by atoms with Crippen molar-refractivity contribution in [3.05, 3.63) is 23.5 Å². The Bertz CT molecular complexity index is 750. The van der Waals surface area contributed by atoms with Crippen molar-refractivity contribution in [3.63, 3.8) is 0 Å². The number of aliphatic imine (C=N–C) groups is 1. The molecule has 12 nitrogen and oxygen atoms in total. The minimum absolute atomic E-state index is 0. The highest BCUT2D eigenvalue weighted by Gasteiger charge is 2.53. The van der Waals surface area contributed by atoms with Crippen LogP contribution in [0.4, 0.5) is 4.79 Å². The van der Waals surface area contributed by atoms with E-state index in [4.69, 9.17) is 30.1 Å². The average Bonchev–Trinajstić information content (AvgIpc) is 3.47. The Labute approximate surface area is 180 Å². The van der Waals surface area contributed by atoms with Gasteiger partial charge in [0.05, 0.1) is 18.9 Å². The molecule has 12 heteroatoms. The van der Waals surface area contributed by atoms with E-state index >= 15 is 0 Å². The summed E-state index contributed by atoms with van der Waals surface area (Å²) >= 11 is 0. The minimum atomic E-state index is -1.34. The summed E-state index contributed by atoms with van der Waals surface area (Å²) in [6, 6.07) is 3.25. The zero-order valence-corrected chi connectivity index (χ0v) is 18.0. The van der Waals surface area contributed by atoms with E-state index in [0.29, 0.717) is 31.0 Å². The molecule has 176 valence electrons. The number of hydrogen-bond acceptors (Lipinski definition) is 9. The first-order valence-electron chi connectivity index (χ1n) is 9.80. The van der Waals surface area contributed by atoms with Crippen LogP contribution in [0, 0.1) is 5.41 Å². The molecule has 2 fully saturated rings. The molecule has 3 heterocycles. The number of aromatic amines is 1. The van der Waals surface area contributed by atoms with E-state index in [1.165, 1.54) is 6.92 Å². The molecule has 0 aromatic carbocycles. The predicted molar refractivity (Wildman–Crippen MR) is 113 cm³/mol. The van der Waals surface area contributed by atoms with E-state index in [0.717, 1.165) is 6.34 Å². The highest BCUT2D eigenvalue weighted by atomic mass is 16.7. The Morgan fingerprint density at radius 2 is 2.16 bits per heavy atom. The fourth-order valence-electron chi connectivity index (χ4n) is 3.17. The maximum Gasteiger partial charge on any atom is 0.508 e. The van der Waals surface area contributed by atoms with Gasteiger partial charge in [-0.1, -0.05) is 13.8 Å². The van der Waals surface area contributed by atoms with Crippen LogP contribution in [0.15, 0.2) is 17.1 Å². The van der Waals surface area contributed by atoms with Crippen molar-refractivity contribution in [1.82, 2.24) is 11.1 Å². The molecule has 0 saturated carbocycles. The Morgan fingerprint density at radius 3 is 2.77 bits per heavy atom. The number of nitrogens with two attached hydrogens (primary N) is 1. The van der Waals surface area contributed by atoms with Crippen LogP contribution in [0.1, 0.15) is 44.7 Å². The predicted octanol–water partition coefficient (Wildman–Crippen LogP) is 1.01. The highest BCUT2D eigenvalue weighted by Crippen LogP contribution is 2.40. The van der Waals surface area contributed by atoms with Crippen LogP contribution in [0.3, 0.4) is 0 Å². The number of nitrogens with one attached hydrogen (secondary N) is 2. The van der Waals surface area contributed by atoms with Gasteiger partial charge in [-0.3, -0.25) is 5.41 Å². The van der Waals surface area contributed by atoms with Gasteiger partial charge in [0, 0.05) is 12.1 Å². The van der Waals surface area contributed by atoms with Gasteiger partial charge >= 0.3 is 6.16 Å². The monoisotopic (exact) mass is 443 g/mol. The van der Waals surface area contributed by atoms with Gasteiger partial charge in [-0.05, 0) is 19.1 Å². The number of H-pyrrole nitrogens is 1. The third kappa shape index (κ3) is 6.24. The average molecular weight is 444 g/mol. The van der Waals surface area contributed by atoms with E-state index < -0.39 is 30.1 Å². The van der Waals surface area contributed by atoms with Crippen molar-refractivity contribution in [2.24, 2.45) is 10.7 Å². The van der Waals surface area contributed by atoms with Crippen molar-refractivity contribution in [2.75, 3.05) is 19.8 Å². The number of aliphatic hydroxyl groups excluding tert-OH is 2. The lowest BCUT2D eigenvalue weighted by Crippen LogP contribution is -2.45. The van der Waals surface area contributed by atoms with Crippen LogP contribution in [0.25, 0.3) is 0 Å². The third-order valence-electron chi connectivity index (χ3n) is 4.78. The normalized spacial score (nSPS) is 30.0. The van der Waals surface area contributed by atoms with Crippen molar-refractivity contribution in [1.29, 1.82) is 5.41 Å². The smallest absolute Gasteiger partial charge is 0.431 e. The number of amidine groups is 1. The molecule has 1 aromatic rings. The number of aromatic nitrogens is 1. The summed E-state index contributed by atoms with van der Waals surface area (Å²) in [5.74, 6) is 0.0963. The number of nitrogens with zero attached hydrogens (tertiary/aromatic N) is 1. The summed E-state index contributed by atoms with van der Waals surface area (Å²) in [4.78, 5) is 18.4. The number of hydrogen-bond donors (Lipinski definition) is 6. The molecule has 0 unspecified atom stereocenters. The molecule has 0 radical (unpaired) electrons. The second-order valence-corrected chi connectivity index (χ2v) is 6.90. The van der Waals surface area contributed by atoms with Crippen LogP contribution >= 0.6 is 0 Å². The van der Waals surface area contributed by atoms with Crippen LogP contribution in [0.5, 0.6) is 0 Å². The fourth-order valence-corrected chi connectivity index (χ4v) is 3.17. The summed E-state index contributed by atoms with van der Waals surface area (Å²) in [5, 5.41) is 27.8. The lowest BCUT2D eigenvalue weighted by atomic mass is 9.97. The first kappa shape index (κ1) is 26.5. The fraction of sp³-hybridized carbons (Fsp3) is 0.632. The summed E-state index contributed by atoms with van der Waals surface area (Å²) in [6.45, 7) is 6.07. The van der Waals surface area contributed by atoms with Gasteiger partial charge in [-0.15, -0.1) is 0 Å². The Kier molecular flexibility index (Phi) is 10.1. The summed E-state index contributed by atoms with van der Waals surface area (Å²) in [5.41, 5.74) is 5.28. The molecule has 5 atom stereocenters. The maximum atomic E-state index is 11.8. The summed E-state index contributed by atoms with van der Waals surface area (Å²) in [7, 11) is 0. The van der Waals surface area contributed by atoms with Gasteiger partial charge < -0.3 is 46.0 Å². The summed E-state index contributed by atoms with van der Waals surface area (Å²) < 4.78 is 21.1. The van der Waals surface area contributed by atoms with E-state index in [9.17, 15) is 15.0 Å². The Balaban J connectivity index is 0.00000156. The van der Waals surface area contributed by atoms with E-state index in [-0.39, 0.29) is 24.7 Å². The molecular weight excluding hydrogens is 410 g/mol. The first-order chi connectivity index (χ1) is 14.3. The largest absolute Gasteiger partial charge is 0.508 e. The maximum absolute atomic E-state index is 11.8. The van der Waals surface area contributed by atoms with Crippen LogP contribution < -0.4 is 11.9 Å².